The van der Waals surface area contributed by atoms with Crippen molar-refractivity contribution in [2.75, 3.05) is 20.2 Å². The molecule has 17 heavy (non-hydrogen) atoms. The summed E-state index contributed by atoms with van der Waals surface area (Å²) in [6.45, 7) is 1.28. The van der Waals surface area contributed by atoms with Crippen molar-refractivity contribution in [3.05, 3.63) is 34.1 Å². The standard InChI is InChI=1S/C12H13BrFNO2/c1-17-9-4-5-15(7-9)12(16)10-3-2-8(14)6-11(10)13/h2-3,6,9H,4-5,7H2,1H3. The largest absolute Gasteiger partial charge is 0.380 e. The van der Waals surface area contributed by atoms with Crippen molar-refractivity contribution in [2.45, 2.75) is 12.5 Å². The highest BCUT2D eigenvalue weighted by Gasteiger charge is 2.27. The zero-order valence-corrected chi connectivity index (χ0v) is 11.0. The van der Waals surface area contributed by atoms with Crippen LogP contribution in [0.4, 0.5) is 4.39 Å². The molecule has 1 aliphatic heterocycles. The SMILES string of the molecule is COC1CCN(C(=O)c2ccc(F)cc2Br)C1. The molecule has 0 spiro atoms. The maximum Gasteiger partial charge on any atom is 0.255 e. The van der Waals surface area contributed by atoms with E-state index >= 15 is 0 Å². The smallest absolute Gasteiger partial charge is 0.255 e. The molecule has 0 N–H and O–H groups in total. The Bertz CT molecular complexity index is 439. The predicted molar refractivity (Wildman–Crippen MR) is 65.4 cm³/mol. The number of carbonyl (C=O) groups excluding carboxylic acids is 1. The summed E-state index contributed by atoms with van der Waals surface area (Å²) in [5.74, 6) is -0.443. The van der Waals surface area contributed by atoms with Gasteiger partial charge in [0.05, 0.1) is 11.7 Å². The van der Waals surface area contributed by atoms with E-state index in [1.165, 1.54) is 18.2 Å². The number of likely N-dealkylation sites (tertiary alicyclic amines) is 1. The lowest BCUT2D eigenvalue weighted by Crippen LogP contribution is -2.30. The number of carbonyl (C=O) groups is 1. The molecule has 2 rings (SSSR count). The monoisotopic (exact) mass is 301 g/mol. The molecule has 0 aromatic heterocycles. The number of ether oxygens (including phenoxy) is 1. The van der Waals surface area contributed by atoms with Gasteiger partial charge >= 0.3 is 0 Å². The minimum Gasteiger partial charge on any atom is -0.380 e. The minimum atomic E-state index is -0.357. The summed E-state index contributed by atoms with van der Waals surface area (Å²) in [5, 5.41) is 0. The molecule has 1 unspecified atom stereocenters. The topological polar surface area (TPSA) is 29.5 Å². The van der Waals surface area contributed by atoms with Gasteiger partial charge in [0, 0.05) is 24.7 Å². The van der Waals surface area contributed by atoms with Gasteiger partial charge in [-0.05, 0) is 40.5 Å². The lowest BCUT2D eigenvalue weighted by atomic mass is 10.2. The van der Waals surface area contributed by atoms with Crippen molar-refractivity contribution in [3.63, 3.8) is 0 Å². The van der Waals surface area contributed by atoms with Gasteiger partial charge in [-0.2, -0.15) is 0 Å². The van der Waals surface area contributed by atoms with Gasteiger partial charge < -0.3 is 9.64 Å². The molecule has 92 valence electrons. The maximum atomic E-state index is 12.9. The molecule has 1 heterocycles. The molecule has 0 bridgehead atoms. The van der Waals surface area contributed by atoms with Gasteiger partial charge in [-0.1, -0.05) is 0 Å². The Hall–Kier alpha value is -0.940. The van der Waals surface area contributed by atoms with Crippen LogP contribution >= 0.6 is 15.9 Å². The molecule has 1 aromatic carbocycles. The van der Waals surface area contributed by atoms with E-state index in [1.807, 2.05) is 0 Å². The van der Waals surface area contributed by atoms with Gasteiger partial charge in [0.2, 0.25) is 0 Å². The van der Waals surface area contributed by atoms with Gasteiger partial charge in [0.1, 0.15) is 5.82 Å². The quantitative estimate of drug-likeness (QED) is 0.840. The summed E-state index contributed by atoms with van der Waals surface area (Å²) in [6.07, 6.45) is 0.958. The number of hydrogen-bond acceptors (Lipinski definition) is 2. The second-order valence-corrected chi connectivity index (χ2v) is 4.88. The van der Waals surface area contributed by atoms with Gasteiger partial charge in [-0.15, -0.1) is 0 Å². The Kier molecular flexibility index (Phi) is 3.79. The molecule has 5 heteroatoms. The Morgan fingerprint density at radius 1 is 1.59 bits per heavy atom. The first-order chi connectivity index (χ1) is 8.11. The van der Waals surface area contributed by atoms with Crippen molar-refractivity contribution in [1.29, 1.82) is 0 Å². The summed E-state index contributed by atoms with van der Waals surface area (Å²) in [4.78, 5) is 13.9. The van der Waals surface area contributed by atoms with Crippen LogP contribution in [0.15, 0.2) is 22.7 Å². The number of rotatable bonds is 2. The fraction of sp³-hybridized carbons (Fsp3) is 0.417. The molecular formula is C12H13BrFNO2. The normalized spacial score (nSPS) is 19.7. The molecule has 1 fully saturated rings. The summed E-state index contributed by atoms with van der Waals surface area (Å²) in [7, 11) is 1.65. The van der Waals surface area contributed by atoms with Gasteiger partial charge in [-0.25, -0.2) is 4.39 Å². The van der Waals surface area contributed by atoms with Crippen molar-refractivity contribution >= 4 is 21.8 Å². The van der Waals surface area contributed by atoms with Crippen molar-refractivity contribution in [3.8, 4) is 0 Å². The molecule has 3 nitrogen and oxygen atoms in total. The maximum absolute atomic E-state index is 12.9. The molecule has 1 aliphatic rings. The third kappa shape index (κ3) is 2.66. The van der Waals surface area contributed by atoms with Gasteiger partial charge in [-0.3, -0.25) is 4.79 Å². The Balaban J connectivity index is 2.15. The summed E-state index contributed by atoms with van der Waals surface area (Å²) < 4.78 is 18.6. The third-order valence-corrected chi connectivity index (χ3v) is 3.58. The number of nitrogens with zero attached hydrogens (tertiary/aromatic N) is 1. The molecule has 1 atom stereocenters. The first-order valence-electron chi connectivity index (χ1n) is 5.39. The lowest BCUT2D eigenvalue weighted by Gasteiger charge is -2.17. The lowest BCUT2D eigenvalue weighted by molar-refractivity contribution is 0.0723. The van der Waals surface area contributed by atoms with Crippen LogP contribution < -0.4 is 0 Å². The number of halogens is 2. The number of methoxy groups -OCH3 is 1. The zero-order chi connectivity index (χ0) is 12.4. The fourth-order valence-corrected chi connectivity index (χ4v) is 2.46. The van der Waals surface area contributed by atoms with E-state index in [1.54, 1.807) is 12.0 Å². The molecule has 0 aliphatic carbocycles. The summed E-state index contributed by atoms with van der Waals surface area (Å²) in [6, 6.07) is 4.10. The number of benzene rings is 1. The second kappa shape index (κ2) is 5.14. The molecule has 0 radical (unpaired) electrons. The zero-order valence-electron chi connectivity index (χ0n) is 9.45. The second-order valence-electron chi connectivity index (χ2n) is 4.02. The molecular weight excluding hydrogens is 289 g/mol. The predicted octanol–water partition coefficient (Wildman–Crippen LogP) is 2.45. The molecule has 0 saturated carbocycles. The highest BCUT2D eigenvalue weighted by atomic mass is 79.9. The van der Waals surface area contributed by atoms with Crippen LogP contribution in [0.1, 0.15) is 16.8 Å². The van der Waals surface area contributed by atoms with E-state index in [4.69, 9.17) is 4.74 Å². The Morgan fingerprint density at radius 2 is 2.35 bits per heavy atom. The van der Waals surface area contributed by atoms with E-state index in [2.05, 4.69) is 15.9 Å². The highest BCUT2D eigenvalue weighted by Crippen LogP contribution is 2.22. The first kappa shape index (κ1) is 12.5. The average Bonchev–Trinajstić information content (AvgIpc) is 2.76. The molecule has 1 saturated heterocycles. The summed E-state index contributed by atoms with van der Waals surface area (Å²) >= 11 is 3.21. The van der Waals surface area contributed by atoms with Crippen molar-refractivity contribution < 1.29 is 13.9 Å². The Morgan fingerprint density at radius 3 is 2.94 bits per heavy atom. The average molecular weight is 302 g/mol. The number of hydrogen-bond donors (Lipinski definition) is 0. The van der Waals surface area contributed by atoms with E-state index in [-0.39, 0.29) is 17.8 Å². The molecule has 1 amide bonds. The van der Waals surface area contributed by atoms with E-state index in [0.29, 0.717) is 23.1 Å². The van der Waals surface area contributed by atoms with Crippen LogP contribution in [0.5, 0.6) is 0 Å². The van der Waals surface area contributed by atoms with Crippen LogP contribution in [0.25, 0.3) is 0 Å². The van der Waals surface area contributed by atoms with E-state index < -0.39 is 0 Å². The van der Waals surface area contributed by atoms with Crippen LogP contribution in [0, 0.1) is 5.82 Å². The first-order valence-corrected chi connectivity index (χ1v) is 6.18. The fourth-order valence-electron chi connectivity index (χ4n) is 1.94. The highest BCUT2D eigenvalue weighted by molar-refractivity contribution is 9.10. The van der Waals surface area contributed by atoms with Crippen LogP contribution in [0.2, 0.25) is 0 Å². The van der Waals surface area contributed by atoms with Crippen LogP contribution in [0.3, 0.4) is 0 Å². The number of amides is 1. The van der Waals surface area contributed by atoms with Crippen molar-refractivity contribution in [1.82, 2.24) is 4.90 Å². The van der Waals surface area contributed by atoms with Crippen LogP contribution in [-0.4, -0.2) is 37.1 Å². The van der Waals surface area contributed by atoms with Crippen molar-refractivity contribution in [2.24, 2.45) is 0 Å². The van der Waals surface area contributed by atoms with Gasteiger partial charge in [0.25, 0.3) is 5.91 Å². The van der Waals surface area contributed by atoms with Gasteiger partial charge in [0.15, 0.2) is 0 Å². The van der Waals surface area contributed by atoms with E-state index in [9.17, 15) is 9.18 Å². The summed E-state index contributed by atoms with van der Waals surface area (Å²) in [5.41, 5.74) is 0.489. The van der Waals surface area contributed by atoms with E-state index in [0.717, 1.165) is 6.42 Å². The molecule has 1 aromatic rings. The minimum absolute atomic E-state index is 0.0866. The third-order valence-electron chi connectivity index (χ3n) is 2.93. The van der Waals surface area contributed by atoms with Crippen LogP contribution in [-0.2, 0) is 4.74 Å². The Labute approximate surface area is 108 Å².